The summed E-state index contributed by atoms with van der Waals surface area (Å²) < 4.78 is 27.4. The van der Waals surface area contributed by atoms with Crippen molar-refractivity contribution in [2.75, 3.05) is 0 Å². The van der Waals surface area contributed by atoms with E-state index in [9.17, 15) is 8.42 Å². The molecule has 6 heteroatoms. The van der Waals surface area contributed by atoms with Crippen LogP contribution in [0.3, 0.4) is 0 Å². The van der Waals surface area contributed by atoms with Crippen molar-refractivity contribution in [3.05, 3.63) is 17.0 Å². The molecule has 18 heavy (non-hydrogen) atoms. The van der Waals surface area contributed by atoms with Crippen molar-refractivity contribution in [3.8, 4) is 6.07 Å². The summed E-state index contributed by atoms with van der Waals surface area (Å²) in [6, 6.07) is 5.13. The third-order valence-corrected chi connectivity index (χ3v) is 6.97. The third-order valence-electron chi connectivity index (χ3n) is 4.00. The maximum Gasteiger partial charge on any atom is 0.250 e. The second kappa shape index (κ2) is 4.34. The third kappa shape index (κ3) is 2.07. The Morgan fingerprint density at radius 1 is 1.33 bits per heavy atom. The Bertz CT molecular complexity index is 600. The lowest BCUT2D eigenvalue weighted by Crippen LogP contribution is -2.38. The van der Waals surface area contributed by atoms with E-state index in [1.54, 1.807) is 6.07 Å². The SMILES string of the molecule is N#Cc1ccc(S(=O)(=O)NC2CC3CCC2C3)s1. The second-order valence-corrected chi connectivity index (χ2v) is 8.16. The molecule has 96 valence electrons. The molecule has 0 amide bonds. The minimum atomic E-state index is -3.44. The van der Waals surface area contributed by atoms with Gasteiger partial charge in [-0.25, -0.2) is 13.1 Å². The summed E-state index contributed by atoms with van der Waals surface area (Å²) in [4.78, 5) is 0.434. The number of hydrogen-bond donors (Lipinski definition) is 1. The van der Waals surface area contributed by atoms with Gasteiger partial charge in [-0.1, -0.05) is 6.42 Å². The molecule has 0 saturated heterocycles. The Morgan fingerprint density at radius 2 is 2.17 bits per heavy atom. The van der Waals surface area contributed by atoms with Crippen molar-refractivity contribution in [2.45, 2.75) is 35.9 Å². The number of rotatable bonds is 3. The zero-order valence-electron chi connectivity index (χ0n) is 9.80. The fraction of sp³-hybridized carbons (Fsp3) is 0.583. The molecule has 2 aliphatic carbocycles. The molecule has 2 saturated carbocycles. The number of nitrogens with one attached hydrogen (secondary N) is 1. The van der Waals surface area contributed by atoms with Gasteiger partial charge in [0.05, 0.1) is 0 Å². The van der Waals surface area contributed by atoms with Crippen LogP contribution in [0.5, 0.6) is 0 Å². The smallest absolute Gasteiger partial charge is 0.207 e. The highest BCUT2D eigenvalue weighted by Crippen LogP contribution is 2.44. The van der Waals surface area contributed by atoms with Gasteiger partial charge in [-0.15, -0.1) is 11.3 Å². The Balaban J connectivity index is 1.77. The van der Waals surface area contributed by atoms with Crippen LogP contribution in [0, 0.1) is 23.2 Å². The van der Waals surface area contributed by atoms with Gasteiger partial charge in [0.25, 0.3) is 0 Å². The van der Waals surface area contributed by atoms with Crippen molar-refractivity contribution in [1.29, 1.82) is 5.26 Å². The predicted octanol–water partition coefficient (Wildman–Crippen LogP) is 2.09. The van der Waals surface area contributed by atoms with E-state index in [1.165, 1.54) is 18.9 Å². The van der Waals surface area contributed by atoms with Crippen molar-refractivity contribution in [3.63, 3.8) is 0 Å². The highest BCUT2D eigenvalue weighted by molar-refractivity contribution is 7.91. The molecule has 0 aromatic carbocycles. The van der Waals surface area contributed by atoms with Gasteiger partial charge >= 0.3 is 0 Å². The molecule has 3 atom stereocenters. The molecule has 2 fully saturated rings. The first-order valence-corrected chi connectivity index (χ1v) is 8.41. The number of nitriles is 1. The Labute approximate surface area is 111 Å². The zero-order valence-corrected chi connectivity index (χ0v) is 11.4. The maximum atomic E-state index is 12.2. The van der Waals surface area contributed by atoms with E-state index in [4.69, 9.17) is 5.26 Å². The van der Waals surface area contributed by atoms with Gasteiger partial charge in [-0.3, -0.25) is 0 Å². The highest BCUT2D eigenvalue weighted by Gasteiger charge is 2.41. The molecular weight excluding hydrogens is 268 g/mol. The van der Waals surface area contributed by atoms with Gasteiger partial charge in [-0.05, 0) is 43.2 Å². The summed E-state index contributed by atoms with van der Waals surface area (Å²) in [5.74, 6) is 1.22. The van der Waals surface area contributed by atoms with Gasteiger partial charge in [0.15, 0.2) is 0 Å². The summed E-state index contributed by atoms with van der Waals surface area (Å²) in [6.07, 6.45) is 4.54. The number of sulfonamides is 1. The molecule has 3 rings (SSSR count). The van der Waals surface area contributed by atoms with Crippen LogP contribution < -0.4 is 4.72 Å². The van der Waals surface area contributed by atoms with E-state index < -0.39 is 10.0 Å². The van der Waals surface area contributed by atoms with Crippen molar-refractivity contribution >= 4 is 21.4 Å². The van der Waals surface area contributed by atoms with Gasteiger partial charge in [0.2, 0.25) is 10.0 Å². The summed E-state index contributed by atoms with van der Waals surface area (Å²) in [6.45, 7) is 0. The van der Waals surface area contributed by atoms with E-state index in [-0.39, 0.29) is 10.3 Å². The molecule has 2 bridgehead atoms. The van der Waals surface area contributed by atoms with E-state index in [0.717, 1.165) is 24.2 Å². The lowest BCUT2D eigenvalue weighted by molar-refractivity contribution is 0.390. The largest absolute Gasteiger partial charge is 0.250 e. The van der Waals surface area contributed by atoms with Gasteiger partial charge in [-0.2, -0.15) is 5.26 Å². The first-order chi connectivity index (χ1) is 8.58. The molecule has 0 radical (unpaired) electrons. The molecular formula is C12H14N2O2S2. The lowest BCUT2D eigenvalue weighted by atomic mass is 9.96. The first-order valence-electron chi connectivity index (χ1n) is 6.11. The van der Waals surface area contributed by atoms with Crippen LogP contribution in [0.1, 0.15) is 30.6 Å². The molecule has 3 unspecified atom stereocenters. The van der Waals surface area contributed by atoms with Crippen LogP contribution in [-0.2, 0) is 10.0 Å². The minimum Gasteiger partial charge on any atom is -0.207 e. The van der Waals surface area contributed by atoms with Crippen molar-refractivity contribution < 1.29 is 8.42 Å². The number of hydrogen-bond acceptors (Lipinski definition) is 4. The minimum absolute atomic E-state index is 0.0985. The molecule has 2 aliphatic rings. The fourth-order valence-electron chi connectivity index (χ4n) is 3.17. The number of nitrogens with zero attached hydrogens (tertiary/aromatic N) is 1. The first kappa shape index (κ1) is 12.2. The number of thiophene rings is 1. The normalized spacial score (nSPS) is 30.5. The molecule has 4 nitrogen and oxygen atoms in total. The monoisotopic (exact) mass is 282 g/mol. The van der Waals surface area contributed by atoms with E-state index in [0.29, 0.717) is 16.7 Å². The second-order valence-electron chi connectivity index (χ2n) is 5.13. The predicted molar refractivity (Wildman–Crippen MR) is 68.6 cm³/mol. The van der Waals surface area contributed by atoms with Crippen LogP contribution in [0.15, 0.2) is 16.3 Å². The zero-order chi connectivity index (χ0) is 12.8. The van der Waals surface area contributed by atoms with Crippen molar-refractivity contribution in [1.82, 2.24) is 4.72 Å². The van der Waals surface area contributed by atoms with Gasteiger partial charge in [0, 0.05) is 6.04 Å². The van der Waals surface area contributed by atoms with Gasteiger partial charge in [0.1, 0.15) is 15.2 Å². The summed E-state index contributed by atoms with van der Waals surface area (Å²) in [5.41, 5.74) is 0. The van der Waals surface area contributed by atoms with E-state index >= 15 is 0 Å². The lowest BCUT2D eigenvalue weighted by Gasteiger charge is -2.22. The molecule has 1 N–H and O–H groups in total. The molecule has 1 aromatic rings. The number of fused-ring (bicyclic) bond motifs is 2. The van der Waals surface area contributed by atoms with Crippen LogP contribution >= 0.6 is 11.3 Å². The van der Waals surface area contributed by atoms with E-state index in [1.807, 2.05) is 6.07 Å². The molecule has 0 aliphatic heterocycles. The topological polar surface area (TPSA) is 70.0 Å². The van der Waals surface area contributed by atoms with E-state index in [2.05, 4.69) is 4.72 Å². The summed E-state index contributed by atoms with van der Waals surface area (Å²) >= 11 is 1.03. The highest BCUT2D eigenvalue weighted by atomic mass is 32.2. The summed E-state index contributed by atoms with van der Waals surface area (Å²) in [5, 5.41) is 8.73. The van der Waals surface area contributed by atoms with Crippen molar-refractivity contribution in [2.24, 2.45) is 11.8 Å². The Morgan fingerprint density at radius 3 is 2.72 bits per heavy atom. The van der Waals surface area contributed by atoms with Gasteiger partial charge < -0.3 is 0 Å². The molecule has 0 spiro atoms. The standard InChI is InChI=1S/C12H14N2O2S2/c13-7-10-3-4-12(17-10)18(15,16)14-11-6-8-1-2-9(11)5-8/h3-4,8-9,11,14H,1-2,5-6H2. The van der Waals surface area contributed by atoms with Crippen LogP contribution in [0.4, 0.5) is 0 Å². The molecule has 1 heterocycles. The Kier molecular flexibility index (Phi) is 2.93. The van der Waals surface area contributed by atoms with Crippen LogP contribution in [0.2, 0.25) is 0 Å². The maximum absolute atomic E-state index is 12.2. The quantitative estimate of drug-likeness (QED) is 0.922. The Hall–Kier alpha value is -0.900. The molecule has 1 aromatic heterocycles. The fourth-order valence-corrected chi connectivity index (χ4v) is 5.61. The van der Waals surface area contributed by atoms with Crippen LogP contribution in [0.25, 0.3) is 0 Å². The average Bonchev–Trinajstić information content (AvgIpc) is 3.04. The average molecular weight is 282 g/mol. The summed E-state index contributed by atoms with van der Waals surface area (Å²) in [7, 11) is -3.44. The van der Waals surface area contributed by atoms with Crippen LogP contribution in [-0.4, -0.2) is 14.5 Å².